The minimum Gasteiger partial charge on any atom is -0.457 e. The van der Waals surface area contributed by atoms with Gasteiger partial charge in [0.15, 0.2) is 6.10 Å². The minimum absolute atomic E-state index is 0.0921. The SMILES string of the molecule is CC(=O)OC1[C@H](OP(C)(=O)Oc2ccccc2)OC([C@H](C)COP(C)(=O)OCc2ccccc2)[C@@H](C)[C@@H]1C. The van der Waals surface area contributed by atoms with Gasteiger partial charge < -0.3 is 23.0 Å². The summed E-state index contributed by atoms with van der Waals surface area (Å²) in [6, 6.07) is 18.1. The summed E-state index contributed by atoms with van der Waals surface area (Å²) < 4.78 is 60.7. The quantitative estimate of drug-likeness (QED) is 0.209. The molecule has 3 rings (SSSR count). The van der Waals surface area contributed by atoms with Crippen molar-refractivity contribution in [3.63, 3.8) is 0 Å². The lowest BCUT2D eigenvalue weighted by Crippen LogP contribution is -2.53. The molecule has 0 aliphatic carbocycles. The Morgan fingerprint density at radius 1 is 0.921 bits per heavy atom. The zero-order chi connectivity index (χ0) is 27.9. The van der Waals surface area contributed by atoms with E-state index in [9.17, 15) is 13.9 Å². The number of rotatable bonds is 12. The molecule has 1 aliphatic rings. The van der Waals surface area contributed by atoms with E-state index in [1.165, 1.54) is 20.3 Å². The predicted molar refractivity (Wildman–Crippen MR) is 144 cm³/mol. The van der Waals surface area contributed by atoms with Crippen molar-refractivity contribution in [2.24, 2.45) is 17.8 Å². The molecule has 38 heavy (non-hydrogen) atoms. The summed E-state index contributed by atoms with van der Waals surface area (Å²) in [5.41, 5.74) is 0.891. The van der Waals surface area contributed by atoms with Crippen LogP contribution in [0.4, 0.5) is 0 Å². The van der Waals surface area contributed by atoms with Gasteiger partial charge in [0.1, 0.15) is 5.75 Å². The predicted octanol–water partition coefficient (Wildman–Crippen LogP) is 6.53. The summed E-state index contributed by atoms with van der Waals surface area (Å²) in [5, 5.41) is 0. The number of carbonyl (C=O) groups is 1. The van der Waals surface area contributed by atoms with Crippen LogP contribution >= 0.6 is 15.2 Å². The number of benzene rings is 2. The molecule has 210 valence electrons. The van der Waals surface area contributed by atoms with Crippen LogP contribution in [0.3, 0.4) is 0 Å². The molecule has 4 unspecified atom stereocenters. The fourth-order valence-corrected chi connectivity index (χ4v) is 6.39. The summed E-state index contributed by atoms with van der Waals surface area (Å²) in [6.45, 7) is 10.1. The van der Waals surface area contributed by atoms with Crippen LogP contribution in [-0.4, -0.2) is 44.4 Å². The fraction of sp³-hybridized carbons (Fsp3) is 0.519. The third-order valence-corrected chi connectivity index (χ3v) is 8.83. The highest BCUT2D eigenvalue weighted by atomic mass is 31.2. The molecular weight excluding hydrogens is 530 g/mol. The van der Waals surface area contributed by atoms with Crippen LogP contribution in [0.2, 0.25) is 0 Å². The van der Waals surface area contributed by atoms with Crippen LogP contribution in [0, 0.1) is 17.8 Å². The second kappa shape index (κ2) is 13.4. The second-order valence-electron chi connectivity index (χ2n) is 9.85. The van der Waals surface area contributed by atoms with Gasteiger partial charge in [-0.1, -0.05) is 69.3 Å². The van der Waals surface area contributed by atoms with Crippen molar-refractivity contribution in [3.05, 3.63) is 66.2 Å². The van der Waals surface area contributed by atoms with E-state index < -0.39 is 39.7 Å². The van der Waals surface area contributed by atoms with Crippen molar-refractivity contribution in [1.29, 1.82) is 0 Å². The Balaban J connectivity index is 1.68. The summed E-state index contributed by atoms with van der Waals surface area (Å²) in [4.78, 5) is 11.9. The Bertz CT molecular complexity index is 1130. The van der Waals surface area contributed by atoms with E-state index in [0.29, 0.717) is 5.75 Å². The van der Waals surface area contributed by atoms with Crippen LogP contribution in [-0.2, 0) is 43.6 Å². The molecule has 0 bridgehead atoms. The number of ether oxygens (including phenoxy) is 2. The van der Waals surface area contributed by atoms with Gasteiger partial charge in [0.2, 0.25) is 6.29 Å². The Morgan fingerprint density at radius 2 is 1.53 bits per heavy atom. The van der Waals surface area contributed by atoms with E-state index in [1.54, 1.807) is 24.3 Å². The summed E-state index contributed by atoms with van der Waals surface area (Å²) in [5.74, 6) is -0.655. The Kier molecular flexibility index (Phi) is 10.8. The molecule has 1 aliphatic heterocycles. The Hall–Kier alpha value is -1.99. The van der Waals surface area contributed by atoms with Crippen LogP contribution in [0.15, 0.2) is 60.7 Å². The van der Waals surface area contributed by atoms with E-state index in [0.717, 1.165) is 5.56 Å². The molecule has 2 aromatic rings. The molecule has 1 fully saturated rings. The van der Waals surface area contributed by atoms with Gasteiger partial charge in [0.05, 0.1) is 26.0 Å². The second-order valence-corrected chi connectivity index (χ2v) is 13.8. The zero-order valence-corrected chi connectivity index (χ0v) is 24.5. The fourth-order valence-electron chi connectivity index (χ4n) is 4.33. The smallest absolute Gasteiger partial charge is 0.378 e. The molecular formula is C27H38O9P2. The first kappa shape index (κ1) is 30.6. The largest absolute Gasteiger partial charge is 0.457 e. The van der Waals surface area contributed by atoms with Crippen molar-refractivity contribution < 1.29 is 41.5 Å². The molecule has 11 heteroatoms. The summed E-state index contributed by atoms with van der Waals surface area (Å²) in [6.07, 6.45) is -2.38. The Labute approximate surface area is 225 Å². The third kappa shape index (κ3) is 9.04. The number of hydrogen-bond donors (Lipinski definition) is 0. The lowest BCUT2D eigenvalue weighted by molar-refractivity contribution is -0.257. The first-order valence-electron chi connectivity index (χ1n) is 12.6. The van der Waals surface area contributed by atoms with E-state index >= 15 is 0 Å². The molecule has 8 atom stereocenters. The highest BCUT2D eigenvalue weighted by molar-refractivity contribution is 7.53. The number of carbonyl (C=O) groups excluding carboxylic acids is 1. The van der Waals surface area contributed by atoms with Gasteiger partial charge in [-0.15, -0.1) is 0 Å². The van der Waals surface area contributed by atoms with Gasteiger partial charge in [0, 0.05) is 25.4 Å². The van der Waals surface area contributed by atoms with E-state index in [4.69, 9.17) is 27.6 Å². The standard InChI is InChI=1S/C27H38O9P2/c1-19(17-31-37(5,29)32-18-23-13-9-7-10-14-23)25-20(2)21(3)26(33-22(4)28)27(34-25)36-38(6,30)35-24-15-11-8-12-16-24/h7-16,19-21,25-27H,17-18H2,1-6H3/t19-,20+,21+,25?,26?,27+,37?,38?/m1/s1. The Morgan fingerprint density at radius 3 is 2.13 bits per heavy atom. The molecule has 0 amide bonds. The van der Waals surface area contributed by atoms with E-state index in [1.807, 2.05) is 57.2 Å². The molecule has 0 radical (unpaired) electrons. The van der Waals surface area contributed by atoms with Gasteiger partial charge in [-0.05, 0) is 23.6 Å². The third-order valence-electron chi connectivity index (χ3n) is 6.48. The van der Waals surface area contributed by atoms with Crippen molar-refractivity contribution in [3.8, 4) is 5.75 Å². The maximum absolute atomic E-state index is 13.3. The van der Waals surface area contributed by atoms with E-state index in [2.05, 4.69) is 0 Å². The summed E-state index contributed by atoms with van der Waals surface area (Å²) >= 11 is 0. The first-order valence-corrected chi connectivity index (χ1v) is 16.6. The van der Waals surface area contributed by atoms with Gasteiger partial charge in [0.25, 0.3) is 0 Å². The highest BCUT2D eigenvalue weighted by Crippen LogP contribution is 2.50. The van der Waals surface area contributed by atoms with Crippen LogP contribution < -0.4 is 4.52 Å². The average Bonchev–Trinajstić information content (AvgIpc) is 2.86. The molecule has 1 saturated heterocycles. The topological polar surface area (TPSA) is 107 Å². The van der Waals surface area contributed by atoms with Crippen LogP contribution in [0.25, 0.3) is 0 Å². The lowest BCUT2D eigenvalue weighted by Gasteiger charge is -2.45. The van der Waals surface area contributed by atoms with Gasteiger partial charge in [-0.25, -0.2) is 4.57 Å². The monoisotopic (exact) mass is 568 g/mol. The molecule has 0 spiro atoms. The van der Waals surface area contributed by atoms with Gasteiger partial charge in [-0.2, -0.15) is 0 Å². The van der Waals surface area contributed by atoms with Crippen molar-refractivity contribution >= 4 is 21.2 Å². The van der Waals surface area contributed by atoms with Crippen molar-refractivity contribution in [1.82, 2.24) is 0 Å². The first-order chi connectivity index (χ1) is 17.9. The molecule has 0 N–H and O–H groups in total. The van der Waals surface area contributed by atoms with Crippen LogP contribution in [0.1, 0.15) is 33.3 Å². The maximum Gasteiger partial charge on any atom is 0.378 e. The van der Waals surface area contributed by atoms with Gasteiger partial charge >= 0.3 is 21.2 Å². The number of para-hydroxylation sites is 1. The lowest BCUT2D eigenvalue weighted by atomic mass is 9.79. The zero-order valence-electron chi connectivity index (χ0n) is 22.7. The molecule has 1 heterocycles. The number of hydrogen-bond acceptors (Lipinski definition) is 9. The van der Waals surface area contributed by atoms with Crippen LogP contribution in [0.5, 0.6) is 5.75 Å². The van der Waals surface area contributed by atoms with Crippen molar-refractivity contribution in [2.45, 2.75) is 52.8 Å². The average molecular weight is 569 g/mol. The normalized spacial score (nSPS) is 27.5. The molecule has 2 aromatic carbocycles. The maximum atomic E-state index is 13.3. The minimum atomic E-state index is -3.66. The molecule has 0 saturated carbocycles. The molecule has 0 aromatic heterocycles. The summed E-state index contributed by atoms with van der Waals surface area (Å²) in [7, 11) is -7.00. The van der Waals surface area contributed by atoms with Gasteiger partial charge in [-0.3, -0.25) is 13.9 Å². The van der Waals surface area contributed by atoms with Crippen molar-refractivity contribution in [2.75, 3.05) is 19.9 Å². The highest BCUT2D eigenvalue weighted by Gasteiger charge is 2.48. The van der Waals surface area contributed by atoms with E-state index in [-0.39, 0.29) is 31.0 Å². The number of esters is 1. The molecule has 9 nitrogen and oxygen atoms in total.